The Kier molecular flexibility index (Phi) is 4.60. The van der Waals surface area contributed by atoms with Gasteiger partial charge in [-0.2, -0.15) is 0 Å². The van der Waals surface area contributed by atoms with Crippen LogP contribution in [0.2, 0.25) is 0 Å². The molecule has 0 aliphatic heterocycles. The van der Waals surface area contributed by atoms with E-state index in [9.17, 15) is 9.59 Å². The second kappa shape index (κ2) is 6.80. The van der Waals surface area contributed by atoms with Gasteiger partial charge in [0.1, 0.15) is 6.61 Å². The van der Waals surface area contributed by atoms with Crippen molar-refractivity contribution < 1.29 is 14.3 Å². The summed E-state index contributed by atoms with van der Waals surface area (Å²) < 4.78 is 5.89. The molecule has 4 fully saturated rings. The Bertz CT molecular complexity index is 935. The number of Topliss-reactive ketones (excluding diaryl/α,β-unsaturated/α-hetero) is 1. The van der Waals surface area contributed by atoms with Crippen molar-refractivity contribution in [3.8, 4) is 0 Å². The molecular formula is C28H36O3. The third-order valence-corrected chi connectivity index (χ3v) is 10.1. The Morgan fingerprint density at radius 3 is 2.48 bits per heavy atom. The Labute approximate surface area is 186 Å². The molecule has 0 saturated heterocycles. The molecule has 2 bridgehead atoms. The highest BCUT2D eigenvalue weighted by Gasteiger charge is 2.70. The minimum absolute atomic E-state index is 0.0106. The van der Waals surface area contributed by atoms with Gasteiger partial charge in [0.2, 0.25) is 0 Å². The van der Waals surface area contributed by atoms with E-state index in [1.165, 1.54) is 0 Å². The number of rotatable bonds is 3. The number of carbonyl (C=O) groups is 2. The Morgan fingerprint density at radius 2 is 1.74 bits per heavy atom. The van der Waals surface area contributed by atoms with Crippen LogP contribution in [0, 0.1) is 33.5 Å². The van der Waals surface area contributed by atoms with Crippen molar-refractivity contribution in [1.82, 2.24) is 0 Å². The maximum atomic E-state index is 13.5. The molecule has 3 nitrogen and oxygen atoms in total. The van der Waals surface area contributed by atoms with E-state index < -0.39 is 5.41 Å². The van der Waals surface area contributed by atoms with Gasteiger partial charge in [-0.05, 0) is 85.7 Å². The molecule has 166 valence electrons. The van der Waals surface area contributed by atoms with Gasteiger partial charge in [-0.25, -0.2) is 0 Å². The number of fused-ring (bicyclic) bond motifs is 3. The fraction of sp³-hybridized carbons (Fsp3) is 0.643. The van der Waals surface area contributed by atoms with Gasteiger partial charge in [-0.1, -0.05) is 57.2 Å². The second-order valence-corrected chi connectivity index (χ2v) is 11.7. The summed E-state index contributed by atoms with van der Waals surface area (Å²) in [6.45, 7) is 11.4. The van der Waals surface area contributed by atoms with Gasteiger partial charge in [0.25, 0.3) is 0 Å². The van der Waals surface area contributed by atoms with Crippen LogP contribution < -0.4 is 0 Å². The Morgan fingerprint density at radius 1 is 1.03 bits per heavy atom. The summed E-state index contributed by atoms with van der Waals surface area (Å²) >= 11 is 0. The lowest BCUT2D eigenvalue weighted by molar-refractivity contribution is -0.189. The monoisotopic (exact) mass is 420 g/mol. The lowest BCUT2D eigenvalue weighted by Gasteiger charge is -2.63. The molecule has 31 heavy (non-hydrogen) atoms. The largest absolute Gasteiger partial charge is 0.460 e. The minimum atomic E-state index is -0.469. The van der Waals surface area contributed by atoms with Crippen LogP contribution in [0.3, 0.4) is 0 Å². The van der Waals surface area contributed by atoms with Crippen LogP contribution in [-0.2, 0) is 20.9 Å². The molecule has 0 radical (unpaired) electrons. The SMILES string of the molecule is C=C1C(=O)[C@]23CC[C@H]4[C@@](C)(CCC[C@@]4(C)C(=O)OCc4ccccc4)[C@@H]2CC[C@@]1(C)C3. The first kappa shape index (κ1) is 21.0. The lowest BCUT2D eigenvalue weighted by atomic mass is 9.40. The molecule has 1 aromatic rings. The zero-order chi connectivity index (χ0) is 22.1. The molecule has 4 saturated carbocycles. The van der Waals surface area contributed by atoms with E-state index in [2.05, 4.69) is 27.4 Å². The summed E-state index contributed by atoms with van der Waals surface area (Å²) in [6, 6.07) is 9.94. The first-order chi connectivity index (χ1) is 14.7. The lowest BCUT2D eigenvalue weighted by Crippen LogP contribution is -2.60. The van der Waals surface area contributed by atoms with Gasteiger partial charge in [0.15, 0.2) is 5.78 Å². The highest BCUT2D eigenvalue weighted by molar-refractivity contribution is 6.04. The number of carbonyl (C=O) groups excluding carboxylic acids is 2. The summed E-state index contributed by atoms with van der Waals surface area (Å²) in [5, 5.41) is 0. The number of ether oxygens (including phenoxy) is 1. The van der Waals surface area contributed by atoms with Gasteiger partial charge in [0, 0.05) is 5.41 Å². The van der Waals surface area contributed by atoms with Gasteiger partial charge in [0.05, 0.1) is 5.41 Å². The van der Waals surface area contributed by atoms with Gasteiger partial charge >= 0.3 is 5.97 Å². The number of hydrogen-bond donors (Lipinski definition) is 0. The summed E-state index contributed by atoms with van der Waals surface area (Å²) in [5.74, 6) is 0.931. The number of allylic oxidation sites excluding steroid dienone is 1. The molecule has 1 spiro atoms. The van der Waals surface area contributed by atoms with Crippen LogP contribution in [0.15, 0.2) is 42.5 Å². The van der Waals surface area contributed by atoms with Crippen molar-refractivity contribution in [3.63, 3.8) is 0 Å². The minimum Gasteiger partial charge on any atom is -0.460 e. The van der Waals surface area contributed by atoms with E-state index in [-0.39, 0.29) is 28.1 Å². The smallest absolute Gasteiger partial charge is 0.312 e. The molecule has 3 heteroatoms. The molecular weight excluding hydrogens is 384 g/mol. The van der Waals surface area contributed by atoms with Crippen LogP contribution in [0.1, 0.15) is 77.7 Å². The average molecular weight is 421 g/mol. The van der Waals surface area contributed by atoms with Crippen LogP contribution >= 0.6 is 0 Å². The van der Waals surface area contributed by atoms with E-state index in [0.29, 0.717) is 18.3 Å². The van der Waals surface area contributed by atoms with Crippen molar-refractivity contribution in [2.45, 2.75) is 78.7 Å². The molecule has 0 amide bonds. The average Bonchev–Trinajstić information content (AvgIpc) is 2.89. The molecule has 4 aliphatic rings. The van der Waals surface area contributed by atoms with E-state index >= 15 is 0 Å². The van der Waals surface area contributed by atoms with E-state index in [1.54, 1.807) is 0 Å². The number of ketones is 1. The molecule has 1 aromatic carbocycles. The van der Waals surface area contributed by atoms with Gasteiger partial charge < -0.3 is 4.74 Å². The normalized spacial score (nSPS) is 43.8. The van der Waals surface area contributed by atoms with E-state index in [4.69, 9.17) is 4.74 Å². The fourth-order valence-corrected chi connectivity index (χ4v) is 8.57. The third-order valence-electron chi connectivity index (χ3n) is 10.1. The van der Waals surface area contributed by atoms with Crippen molar-refractivity contribution in [3.05, 3.63) is 48.0 Å². The summed E-state index contributed by atoms with van der Waals surface area (Å²) in [6.07, 6.45) is 8.00. The molecule has 0 unspecified atom stereocenters. The Hall–Kier alpha value is -1.90. The zero-order valence-corrected chi connectivity index (χ0v) is 19.3. The topological polar surface area (TPSA) is 43.4 Å². The molecule has 0 aromatic heterocycles. The van der Waals surface area contributed by atoms with Crippen molar-refractivity contribution in [1.29, 1.82) is 0 Å². The predicted octanol–water partition coefficient (Wildman–Crippen LogP) is 6.27. The molecule has 6 atom stereocenters. The van der Waals surface area contributed by atoms with E-state index in [0.717, 1.165) is 62.5 Å². The number of benzene rings is 1. The fourth-order valence-electron chi connectivity index (χ4n) is 8.57. The van der Waals surface area contributed by atoms with Crippen molar-refractivity contribution in [2.24, 2.45) is 33.5 Å². The van der Waals surface area contributed by atoms with Crippen LogP contribution in [-0.4, -0.2) is 11.8 Å². The summed E-state index contributed by atoms with van der Waals surface area (Å²) in [7, 11) is 0. The summed E-state index contributed by atoms with van der Waals surface area (Å²) in [5.41, 5.74) is 1.20. The van der Waals surface area contributed by atoms with Crippen LogP contribution in [0.5, 0.6) is 0 Å². The third kappa shape index (κ3) is 2.77. The maximum Gasteiger partial charge on any atom is 0.312 e. The van der Waals surface area contributed by atoms with Gasteiger partial charge in [-0.15, -0.1) is 0 Å². The standard InChI is InChI=1S/C28H36O3/c1-19-23(29)28-16-12-21-26(3,22(28)11-15-25(19,2)18-28)13-8-14-27(21,4)24(30)31-17-20-9-6-5-7-10-20/h5-7,9-10,21-22H,1,8,11-18H2,2-4H3/t21-,22-,25-,26+,27+,28-/m0/s1. The molecule has 5 rings (SSSR count). The first-order valence-corrected chi connectivity index (χ1v) is 12.1. The van der Waals surface area contributed by atoms with Crippen LogP contribution in [0.4, 0.5) is 0 Å². The highest BCUT2D eigenvalue weighted by Crippen LogP contribution is 2.73. The maximum absolute atomic E-state index is 13.5. The zero-order valence-electron chi connectivity index (χ0n) is 19.3. The molecule has 0 heterocycles. The molecule has 4 aliphatic carbocycles. The van der Waals surface area contributed by atoms with Crippen LogP contribution in [0.25, 0.3) is 0 Å². The number of esters is 1. The van der Waals surface area contributed by atoms with Gasteiger partial charge in [-0.3, -0.25) is 9.59 Å². The second-order valence-electron chi connectivity index (χ2n) is 11.7. The Balaban J connectivity index is 1.43. The number of hydrogen-bond acceptors (Lipinski definition) is 3. The highest BCUT2D eigenvalue weighted by atomic mass is 16.5. The van der Waals surface area contributed by atoms with Crippen molar-refractivity contribution in [2.75, 3.05) is 0 Å². The predicted molar refractivity (Wildman–Crippen MR) is 121 cm³/mol. The quantitative estimate of drug-likeness (QED) is 0.428. The van der Waals surface area contributed by atoms with E-state index in [1.807, 2.05) is 30.3 Å². The first-order valence-electron chi connectivity index (χ1n) is 12.1. The van der Waals surface area contributed by atoms with Crippen molar-refractivity contribution >= 4 is 11.8 Å². The summed E-state index contributed by atoms with van der Waals surface area (Å²) in [4.78, 5) is 27.0. The molecule has 0 N–H and O–H groups in total.